The molecule has 0 spiro atoms. The van der Waals surface area contributed by atoms with Crippen molar-refractivity contribution in [3.8, 4) is 0 Å². The van der Waals surface area contributed by atoms with Crippen LogP contribution in [0.2, 0.25) is 0 Å². The number of aliphatic imine (C=N–C) groups is 1. The topological polar surface area (TPSA) is 49.3 Å². The molecule has 120 valence electrons. The molecule has 21 heavy (non-hydrogen) atoms. The monoisotopic (exact) mass is 310 g/mol. The first-order chi connectivity index (χ1) is 10.0. The van der Waals surface area contributed by atoms with Crippen LogP contribution in [0.3, 0.4) is 0 Å². The fraction of sp³-hybridized carbons (Fsp3) is 0.750. The van der Waals surface area contributed by atoms with Crippen LogP contribution in [0.5, 0.6) is 0 Å². The third-order valence-corrected chi connectivity index (χ3v) is 4.25. The van der Waals surface area contributed by atoms with Crippen LogP contribution in [0.25, 0.3) is 0 Å². The molecule has 1 unspecified atom stereocenters. The molecule has 2 N–H and O–H groups in total. The first kappa shape index (κ1) is 18.0. The Hall–Kier alpha value is -1.10. The van der Waals surface area contributed by atoms with Gasteiger partial charge in [0.1, 0.15) is 0 Å². The molecule has 1 atom stereocenters. The van der Waals surface area contributed by atoms with E-state index < -0.39 is 0 Å². The van der Waals surface area contributed by atoms with E-state index in [2.05, 4.69) is 60.6 Å². The Bertz CT molecular complexity index is 426. The van der Waals surface area contributed by atoms with Crippen LogP contribution in [-0.2, 0) is 13.0 Å². The van der Waals surface area contributed by atoms with Crippen LogP contribution in [0.1, 0.15) is 58.2 Å². The predicted molar refractivity (Wildman–Crippen MR) is 93.0 cm³/mol. The van der Waals surface area contributed by atoms with E-state index in [1.54, 1.807) is 11.3 Å². The quantitative estimate of drug-likeness (QED) is 0.570. The van der Waals surface area contributed by atoms with E-state index in [0.717, 1.165) is 30.5 Å². The third kappa shape index (κ3) is 7.46. The largest absolute Gasteiger partial charge is 0.357 e. The van der Waals surface area contributed by atoms with Gasteiger partial charge in [-0.1, -0.05) is 20.8 Å². The van der Waals surface area contributed by atoms with Crippen LogP contribution >= 0.6 is 11.3 Å². The van der Waals surface area contributed by atoms with Gasteiger partial charge in [-0.25, -0.2) is 9.98 Å². The maximum Gasteiger partial charge on any atom is 0.191 e. The molecule has 0 saturated carbocycles. The van der Waals surface area contributed by atoms with Gasteiger partial charge in [0, 0.05) is 18.0 Å². The summed E-state index contributed by atoms with van der Waals surface area (Å²) in [5, 5.41) is 10.1. The minimum Gasteiger partial charge on any atom is -0.357 e. The van der Waals surface area contributed by atoms with E-state index in [1.807, 2.05) is 0 Å². The second-order valence-corrected chi connectivity index (χ2v) is 6.74. The summed E-state index contributed by atoms with van der Waals surface area (Å²) in [6.07, 6.45) is 3.40. The SMILES string of the molecule is CCNC(=NCc1csc(CC)n1)NC(C)CCC(C)C. The molecule has 0 fully saturated rings. The van der Waals surface area contributed by atoms with Crippen molar-refractivity contribution in [1.29, 1.82) is 0 Å². The Balaban J connectivity index is 2.52. The fourth-order valence-electron chi connectivity index (χ4n) is 1.95. The zero-order valence-electron chi connectivity index (χ0n) is 14.1. The van der Waals surface area contributed by atoms with Crippen LogP contribution in [0.15, 0.2) is 10.4 Å². The van der Waals surface area contributed by atoms with Gasteiger partial charge in [0.25, 0.3) is 0 Å². The Morgan fingerprint density at radius 3 is 2.62 bits per heavy atom. The van der Waals surface area contributed by atoms with E-state index in [9.17, 15) is 0 Å². The molecule has 0 bridgehead atoms. The summed E-state index contributed by atoms with van der Waals surface area (Å²) in [7, 11) is 0. The maximum absolute atomic E-state index is 4.64. The van der Waals surface area contributed by atoms with Crippen molar-refractivity contribution in [3.05, 3.63) is 16.1 Å². The van der Waals surface area contributed by atoms with Crippen LogP contribution in [-0.4, -0.2) is 23.5 Å². The highest BCUT2D eigenvalue weighted by Crippen LogP contribution is 2.11. The minimum absolute atomic E-state index is 0.437. The zero-order valence-corrected chi connectivity index (χ0v) is 14.9. The van der Waals surface area contributed by atoms with Crippen molar-refractivity contribution < 1.29 is 0 Å². The molecule has 0 aromatic carbocycles. The van der Waals surface area contributed by atoms with E-state index in [4.69, 9.17) is 0 Å². The summed E-state index contributed by atoms with van der Waals surface area (Å²) in [5.74, 6) is 1.64. The number of aryl methyl sites for hydroxylation is 1. The molecule has 1 heterocycles. The number of rotatable bonds is 8. The number of guanidine groups is 1. The molecule has 0 radical (unpaired) electrons. The average Bonchev–Trinajstić information content (AvgIpc) is 2.91. The molecule has 1 aromatic heterocycles. The lowest BCUT2D eigenvalue weighted by atomic mass is 10.0. The van der Waals surface area contributed by atoms with Crippen molar-refractivity contribution in [1.82, 2.24) is 15.6 Å². The Morgan fingerprint density at radius 2 is 2.05 bits per heavy atom. The van der Waals surface area contributed by atoms with E-state index >= 15 is 0 Å². The molecule has 4 nitrogen and oxygen atoms in total. The lowest BCUT2D eigenvalue weighted by Crippen LogP contribution is -2.42. The Kier molecular flexibility index (Phi) is 8.35. The zero-order chi connectivity index (χ0) is 15.7. The van der Waals surface area contributed by atoms with Gasteiger partial charge in [-0.05, 0) is 39.0 Å². The summed E-state index contributed by atoms with van der Waals surface area (Å²) in [5.41, 5.74) is 1.06. The predicted octanol–water partition coefficient (Wildman–Crippen LogP) is 3.59. The summed E-state index contributed by atoms with van der Waals surface area (Å²) in [4.78, 5) is 9.19. The highest BCUT2D eigenvalue weighted by molar-refractivity contribution is 7.09. The lowest BCUT2D eigenvalue weighted by molar-refractivity contribution is 0.489. The van der Waals surface area contributed by atoms with Crippen molar-refractivity contribution in [2.24, 2.45) is 10.9 Å². The van der Waals surface area contributed by atoms with Crippen molar-refractivity contribution in [2.45, 2.75) is 66.5 Å². The number of aromatic nitrogens is 1. The van der Waals surface area contributed by atoms with E-state index in [1.165, 1.54) is 17.8 Å². The van der Waals surface area contributed by atoms with Crippen LogP contribution < -0.4 is 10.6 Å². The summed E-state index contributed by atoms with van der Waals surface area (Å²) >= 11 is 1.72. The van der Waals surface area contributed by atoms with Gasteiger partial charge in [-0.2, -0.15) is 0 Å². The molecule has 0 amide bonds. The first-order valence-corrected chi connectivity index (χ1v) is 8.91. The van der Waals surface area contributed by atoms with E-state index in [0.29, 0.717) is 12.6 Å². The minimum atomic E-state index is 0.437. The summed E-state index contributed by atoms with van der Waals surface area (Å²) in [6, 6.07) is 0.437. The molecule has 1 aromatic rings. The first-order valence-electron chi connectivity index (χ1n) is 8.03. The number of hydrogen-bond acceptors (Lipinski definition) is 3. The molecule has 5 heteroatoms. The smallest absolute Gasteiger partial charge is 0.191 e. The highest BCUT2D eigenvalue weighted by atomic mass is 32.1. The highest BCUT2D eigenvalue weighted by Gasteiger charge is 2.07. The van der Waals surface area contributed by atoms with Gasteiger partial charge >= 0.3 is 0 Å². The number of nitrogens with zero attached hydrogens (tertiary/aromatic N) is 2. The molecule has 1 rings (SSSR count). The number of nitrogens with one attached hydrogen (secondary N) is 2. The van der Waals surface area contributed by atoms with Gasteiger partial charge in [0.05, 0.1) is 17.2 Å². The fourth-order valence-corrected chi connectivity index (χ4v) is 2.69. The van der Waals surface area contributed by atoms with Crippen LogP contribution in [0.4, 0.5) is 0 Å². The van der Waals surface area contributed by atoms with Gasteiger partial charge < -0.3 is 10.6 Å². The second kappa shape index (κ2) is 9.77. The van der Waals surface area contributed by atoms with Crippen molar-refractivity contribution in [2.75, 3.05) is 6.54 Å². The maximum atomic E-state index is 4.64. The van der Waals surface area contributed by atoms with E-state index in [-0.39, 0.29) is 0 Å². The van der Waals surface area contributed by atoms with Gasteiger partial charge in [-0.15, -0.1) is 11.3 Å². The van der Waals surface area contributed by atoms with Gasteiger partial charge in [0.15, 0.2) is 5.96 Å². The Labute approximate surface area is 133 Å². The molecular formula is C16H30N4S. The van der Waals surface area contributed by atoms with Crippen molar-refractivity contribution in [3.63, 3.8) is 0 Å². The van der Waals surface area contributed by atoms with Gasteiger partial charge in [-0.3, -0.25) is 0 Å². The second-order valence-electron chi connectivity index (χ2n) is 5.80. The summed E-state index contributed by atoms with van der Waals surface area (Å²) < 4.78 is 0. The van der Waals surface area contributed by atoms with Crippen molar-refractivity contribution >= 4 is 17.3 Å². The normalized spacial score (nSPS) is 13.5. The summed E-state index contributed by atoms with van der Waals surface area (Å²) in [6.45, 7) is 12.5. The molecule has 0 aliphatic rings. The molecule has 0 aliphatic heterocycles. The Morgan fingerprint density at radius 1 is 1.29 bits per heavy atom. The number of thiazole rings is 1. The van der Waals surface area contributed by atoms with Gasteiger partial charge in [0.2, 0.25) is 0 Å². The standard InChI is InChI=1S/C16H30N4S/c1-6-15-20-14(11-21-15)10-18-16(17-7-2)19-13(5)9-8-12(3)4/h11-13H,6-10H2,1-5H3,(H2,17,18,19). The lowest BCUT2D eigenvalue weighted by Gasteiger charge is -2.18. The molecule has 0 aliphatic carbocycles. The average molecular weight is 311 g/mol. The third-order valence-electron chi connectivity index (χ3n) is 3.21. The molecular weight excluding hydrogens is 280 g/mol. The van der Waals surface area contributed by atoms with Crippen LogP contribution in [0, 0.1) is 5.92 Å². The number of hydrogen-bond donors (Lipinski definition) is 2. The molecule has 0 saturated heterocycles.